The van der Waals surface area contributed by atoms with Gasteiger partial charge in [-0.25, -0.2) is 0 Å². The van der Waals surface area contributed by atoms with Gasteiger partial charge in [0.15, 0.2) is 0 Å². The molecule has 0 aliphatic heterocycles. The summed E-state index contributed by atoms with van der Waals surface area (Å²) in [4.78, 5) is 0. The normalized spacial score (nSPS) is 12.6. The average molecular weight is 283 g/mol. The van der Waals surface area contributed by atoms with Crippen molar-refractivity contribution in [1.82, 2.24) is 15.5 Å². The Hall–Kier alpha value is -1.74. The van der Waals surface area contributed by atoms with Gasteiger partial charge in [-0.2, -0.15) is 10.2 Å². The molecule has 0 aliphatic rings. The second kappa shape index (κ2) is 7.89. The summed E-state index contributed by atoms with van der Waals surface area (Å²) < 4.78 is 0. The van der Waals surface area contributed by atoms with Crippen LogP contribution in [0, 0.1) is 0 Å². The van der Waals surface area contributed by atoms with Crippen LogP contribution in [0.2, 0.25) is 0 Å². The fourth-order valence-electron chi connectivity index (χ4n) is 2.41. The molecule has 1 aromatic heterocycles. The molecule has 0 radical (unpaired) electrons. The molecule has 0 fully saturated rings. The molecular weight excluding hydrogens is 258 g/mol. The number of rotatable bonds is 7. The van der Waals surface area contributed by atoms with E-state index in [1.807, 2.05) is 12.3 Å². The van der Waals surface area contributed by atoms with Crippen molar-refractivity contribution in [1.29, 1.82) is 0 Å². The standard InChI is InChI=1S/C18H25N3/c1-4-10-19-18(17-9-11-20-21-13-17)12-15-5-7-16(8-6-15)14(2)3/h5-9,11,13-14,18-19H,4,10,12H2,1-3H3. The summed E-state index contributed by atoms with van der Waals surface area (Å²) in [6, 6.07) is 11.3. The molecule has 1 N–H and O–H groups in total. The van der Waals surface area contributed by atoms with E-state index in [0.717, 1.165) is 19.4 Å². The van der Waals surface area contributed by atoms with E-state index in [1.54, 1.807) is 6.20 Å². The number of benzene rings is 1. The van der Waals surface area contributed by atoms with Gasteiger partial charge in [0.25, 0.3) is 0 Å². The van der Waals surface area contributed by atoms with Gasteiger partial charge < -0.3 is 5.32 Å². The maximum Gasteiger partial charge on any atom is 0.0544 e. The SMILES string of the molecule is CCCNC(Cc1ccc(C(C)C)cc1)c1ccnnc1. The van der Waals surface area contributed by atoms with Crippen molar-refractivity contribution in [3.8, 4) is 0 Å². The van der Waals surface area contributed by atoms with Gasteiger partial charge in [0.1, 0.15) is 0 Å². The highest BCUT2D eigenvalue weighted by Crippen LogP contribution is 2.20. The highest BCUT2D eigenvalue weighted by molar-refractivity contribution is 5.26. The third-order valence-corrected chi connectivity index (χ3v) is 3.74. The second-order valence-corrected chi connectivity index (χ2v) is 5.78. The van der Waals surface area contributed by atoms with Crippen LogP contribution in [0.15, 0.2) is 42.7 Å². The van der Waals surface area contributed by atoms with Gasteiger partial charge in [0.05, 0.1) is 6.20 Å². The van der Waals surface area contributed by atoms with Gasteiger partial charge >= 0.3 is 0 Å². The van der Waals surface area contributed by atoms with Gasteiger partial charge in [-0.3, -0.25) is 0 Å². The Balaban J connectivity index is 2.11. The first kappa shape index (κ1) is 15.6. The minimum atomic E-state index is 0.297. The van der Waals surface area contributed by atoms with Gasteiger partial charge in [0.2, 0.25) is 0 Å². The quantitative estimate of drug-likeness (QED) is 0.838. The molecule has 0 aliphatic carbocycles. The molecule has 0 saturated heterocycles. The predicted octanol–water partition coefficient (Wildman–Crippen LogP) is 3.88. The van der Waals surface area contributed by atoms with E-state index in [2.05, 4.69) is 60.6 Å². The van der Waals surface area contributed by atoms with Gasteiger partial charge in [-0.15, -0.1) is 0 Å². The first-order valence-electron chi connectivity index (χ1n) is 7.79. The van der Waals surface area contributed by atoms with Crippen LogP contribution in [0.1, 0.15) is 55.8 Å². The van der Waals surface area contributed by atoms with Crippen molar-refractivity contribution in [2.75, 3.05) is 6.54 Å². The van der Waals surface area contributed by atoms with Crippen molar-refractivity contribution in [3.63, 3.8) is 0 Å². The maximum absolute atomic E-state index is 4.00. The molecule has 1 heterocycles. The van der Waals surface area contributed by atoms with Gasteiger partial charge in [-0.05, 0) is 48.1 Å². The van der Waals surface area contributed by atoms with Crippen molar-refractivity contribution < 1.29 is 0 Å². The summed E-state index contributed by atoms with van der Waals surface area (Å²) in [6.45, 7) is 7.65. The Morgan fingerprint density at radius 2 is 1.76 bits per heavy atom. The van der Waals surface area contributed by atoms with E-state index < -0.39 is 0 Å². The van der Waals surface area contributed by atoms with E-state index >= 15 is 0 Å². The van der Waals surface area contributed by atoms with Crippen LogP contribution in [0.3, 0.4) is 0 Å². The summed E-state index contributed by atoms with van der Waals surface area (Å²) in [6.07, 6.45) is 5.72. The van der Waals surface area contributed by atoms with Crippen LogP contribution in [-0.2, 0) is 6.42 Å². The average Bonchev–Trinajstić information content (AvgIpc) is 2.52. The second-order valence-electron chi connectivity index (χ2n) is 5.78. The largest absolute Gasteiger partial charge is 0.310 e. The smallest absolute Gasteiger partial charge is 0.0544 e. The van der Waals surface area contributed by atoms with Gasteiger partial charge in [0, 0.05) is 12.2 Å². The molecular formula is C18H25N3. The Kier molecular flexibility index (Phi) is 5.88. The van der Waals surface area contributed by atoms with E-state index in [4.69, 9.17) is 0 Å². The minimum absolute atomic E-state index is 0.297. The number of nitrogens with one attached hydrogen (secondary N) is 1. The summed E-state index contributed by atoms with van der Waals surface area (Å²) in [5.41, 5.74) is 3.94. The maximum atomic E-state index is 4.00. The van der Waals surface area contributed by atoms with Crippen molar-refractivity contribution >= 4 is 0 Å². The molecule has 2 aromatic rings. The molecule has 2 rings (SSSR count). The number of nitrogens with zero attached hydrogens (tertiary/aromatic N) is 2. The van der Waals surface area contributed by atoms with Crippen LogP contribution >= 0.6 is 0 Å². The molecule has 0 bridgehead atoms. The molecule has 1 atom stereocenters. The summed E-state index contributed by atoms with van der Waals surface area (Å²) in [5.74, 6) is 0.581. The highest BCUT2D eigenvalue weighted by atomic mass is 15.1. The van der Waals surface area contributed by atoms with Crippen LogP contribution < -0.4 is 5.32 Å². The van der Waals surface area contributed by atoms with E-state index in [1.165, 1.54) is 16.7 Å². The minimum Gasteiger partial charge on any atom is -0.310 e. The molecule has 1 aromatic carbocycles. The third-order valence-electron chi connectivity index (χ3n) is 3.74. The molecule has 3 heteroatoms. The zero-order valence-corrected chi connectivity index (χ0v) is 13.2. The summed E-state index contributed by atoms with van der Waals surface area (Å²) >= 11 is 0. The number of hydrogen-bond acceptors (Lipinski definition) is 3. The van der Waals surface area contributed by atoms with Crippen LogP contribution in [0.4, 0.5) is 0 Å². The van der Waals surface area contributed by atoms with E-state index in [0.29, 0.717) is 12.0 Å². The van der Waals surface area contributed by atoms with Crippen molar-refractivity contribution in [2.45, 2.75) is 45.6 Å². The van der Waals surface area contributed by atoms with Gasteiger partial charge in [-0.1, -0.05) is 45.0 Å². The first-order chi connectivity index (χ1) is 10.2. The van der Waals surface area contributed by atoms with E-state index in [-0.39, 0.29) is 0 Å². The lowest BCUT2D eigenvalue weighted by Gasteiger charge is -2.19. The lowest BCUT2D eigenvalue weighted by Crippen LogP contribution is -2.24. The molecule has 21 heavy (non-hydrogen) atoms. The van der Waals surface area contributed by atoms with E-state index in [9.17, 15) is 0 Å². The van der Waals surface area contributed by atoms with Crippen LogP contribution in [0.5, 0.6) is 0 Å². The molecule has 1 unspecified atom stereocenters. The Morgan fingerprint density at radius 3 is 2.33 bits per heavy atom. The summed E-state index contributed by atoms with van der Waals surface area (Å²) in [7, 11) is 0. The van der Waals surface area contributed by atoms with Crippen molar-refractivity contribution in [3.05, 3.63) is 59.4 Å². The fourth-order valence-corrected chi connectivity index (χ4v) is 2.41. The van der Waals surface area contributed by atoms with Crippen LogP contribution in [0.25, 0.3) is 0 Å². The number of aromatic nitrogens is 2. The molecule has 0 amide bonds. The topological polar surface area (TPSA) is 37.8 Å². The molecule has 112 valence electrons. The highest BCUT2D eigenvalue weighted by Gasteiger charge is 2.12. The van der Waals surface area contributed by atoms with Crippen molar-refractivity contribution in [2.24, 2.45) is 0 Å². The Morgan fingerprint density at radius 1 is 1.00 bits per heavy atom. The molecule has 0 spiro atoms. The lowest BCUT2D eigenvalue weighted by atomic mass is 9.97. The van der Waals surface area contributed by atoms with Crippen LogP contribution in [-0.4, -0.2) is 16.7 Å². The fraction of sp³-hybridized carbons (Fsp3) is 0.444. The summed E-state index contributed by atoms with van der Waals surface area (Å²) in [5, 5.41) is 11.5. The zero-order chi connectivity index (χ0) is 15.1. The molecule has 0 saturated carbocycles. The Labute approximate surface area is 127 Å². The Bertz CT molecular complexity index is 520. The number of hydrogen-bond donors (Lipinski definition) is 1. The third kappa shape index (κ3) is 4.64. The predicted molar refractivity (Wildman–Crippen MR) is 87.3 cm³/mol. The first-order valence-corrected chi connectivity index (χ1v) is 7.79. The lowest BCUT2D eigenvalue weighted by molar-refractivity contribution is 0.526. The zero-order valence-electron chi connectivity index (χ0n) is 13.2. The monoisotopic (exact) mass is 283 g/mol. The molecule has 3 nitrogen and oxygen atoms in total.